The average molecular weight is 438 g/mol. The second-order valence-corrected chi connectivity index (χ2v) is 8.04. The highest BCUT2D eigenvalue weighted by molar-refractivity contribution is 5.96. The first-order valence-electron chi connectivity index (χ1n) is 10.6. The number of aromatic nitrogens is 5. The maximum atomic E-state index is 13.0. The monoisotopic (exact) mass is 438 g/mol. The van der Waals surface area contributed by atoms with Crippen LogP contribution in [0.15, 0.2) is 65.8 Å². The number of benzene rings is 2. The van der Waals surface area contributed by atoms with Gasteiger partial charge in [0, 0.05) is 23.5 Å². The van der Waals surface area contributed by atoms with Crippen LogP contribution < -0.4 is 10.9 Å². The molecule has 0 radical (unpaired) electrons. The zero-order valence-electron chi connectivity index (χ0n) is 18.5. The molecule has 1 atom stereocenters. The number of carbonyl (C=O) groups is 1. The second kappa shape index (κ2) is 7.98. The molecule has 0 aliphatic heterocycles. The Kier molecular flexibility index (Phi) is 4.97. The van der Waals surface area contributed by atoms with Gasteiger partial charge in [-0.3, -0.25) is 19.6 Å². The van der Waals surface area contributed by atoms with E-state index < -0.39 is 0 Å². The lowest BCUT2D eigenvalue weighted by Crippen LogP contribution is -2.28. The molecule has 0 fully saturated rings. The van der Waals surface area contributed by atoms with Gasteiger partial charge in [0.25, 0.3) is 11.5 Å². The van der Waals surface area contributed by atoms with Gasteiger partial charge in [0.05, 0.1) is 29.3 Å². The van der Waals surface area contributed by atoms with Crippen molar-refractivity contribution in [3.63, 3.8) is 0 Å². The molecule has 0 saturated heterocycles. The quantitative estimate of drug-likeness (QED) is 0.445. The van der Waals surface area contributed by atoms with E-state index in [1.54, 1.807) is 30.0 Å². The summed E-state index contributed by atoms with van der Waals surface area (Å²) in [7, 11) is 0. The van der Waals surface area contributed by atoms with E-state index in [1.165, 1.54) is 0 Å². The Morgan fingerprint density at radius 1 is 1.09 bits per heavy atom. The van der Waals surface area contributed by atoms with E-state index in [0.29, 0.717) is 22.5 Å². The van der Waals surface area contributed by atoms with Gasteiger partial charge in [-0.05, 0) is 37.6 Å². The molecule has 0 spiro atoms. The minimum absolute atomic E-state index is 0.204. The summed E-state index contributed by atoms with van der Waals surface area (Å²) in [6.45, 7) is 5.43. The number of hydrogen-bond donors (Lipinski definition) is 2. The summed E-state index contributed by atoms with van der Waals surface area (Å²) in [5.74, 6) is -0.375. The molecular formula is C25H22N6O2. The molecular weight excluding hydrogens is 416 g/mol. The second-order valence-electron chi connectivity index (χ2n) is 8.04. The fraction of sp³-hybridized carbons (Fsp3) is 0.160. The fourth-order valence-corrected chi connectivity index (χ4v) is 4.09. The molecule has 8 nitrogen and oxygen atoms in total. The zero-order chi connectivity index (χ0) is 23.1. The van der Waals surface area contributed by atoms with E-state index in [4.69, 9.17) is 0 Å². The van der Waals surface area contributed by atoms with Crippen LogP contribution >= 0.6 is 0 Å². The SMILES string of the molecule is Cc1c(C(=O)N[C@@H](C)c2cnccn2)nn2c(C)c(-c3ccc4ccccc4c3)[nH]c(=O)c12. The summed E-state index contributed by atoms with van der Waals surface area (Å²) in [4.78, 5) is 37.3. The van der Waals surface area contributed by atoms with Gasteiger partial charge in [-0.2, -0.15) is 5.10 Å². The maximum absolute atomic E-state index is 13.0. The highest BCUT2D eigenvalue weighted by Gasteiger charge is 2.23. The van der Waals surface area contributed by atoms with Crippen molar-refractivity contribution >= 4 is 22.2 Å². The highest BCUT2D eigenvalue weighted by Crippen LogP contribution is 2.26. The number of fused-ring (bicyclic) bond motifs is 2. The predicted molar refractivity (Wildman–Crippen MR) is 126 cm³/mol. The van der Waals surface area contributed by atoms with Gasteiger partial charge in [0.2, 0.25) is 0 Å². The summed E-state index contributed by atoms with van der Waals surface area (Å²) in [6, 6.07) is 13.7. The van der Waals surface area contributed by atoms with Crippen LogP contribution in [0.1, 0.15) is 40.4 Å². The lowest BCUT2D eigenvalue weighted by Gasteiger charge is -2.11. The van der Waals surface area contributed by atoms with Crippen molar-refractivity contribution in [2.75, 3.05) is 0 Å². The van der Waals surface area contributed by atoms with E-state index in [2.05, 4.69) is 25.4 Å². The normalized spacial score (nSPS) is 12.2. The number of hydrogen-bond acceptors (Lipinski definition) is 5. The van der Waals surface area contributed by atoms with Crippen molar-refractivity contribution in [3.05, 3.63) is 94.1 Å². The molecule has 5 rings (SSSR count). The first kappa shape index (κ1) is 20.6. The molecule has 0 saturated carbocycles. The maximum Gasteiger partial charge on any atom is 0.274 e. The smallest absolute Gasteiger partial charge is 0.274 e. The molecule has 0 unspecified atom stereocenters. The summed E-state index contributed by atoms with van der Waals surface area (Å²) in [5.41, 5.74) is 3.71. The summed E-state index contributed by atoms with van der Waals surface area (Å²) < 4.78 is 1.56. The molecule has 164 valence electrons. The standard InChI is InChI=1S/C25H22N6O2/c1-14-21(24(32)28-15(2)20-13-26-10-11-27-20)30-31-16(3)22(29-25(33)23(14)31)19-9-8-17-6-4-5-7-18(17)12-19/h4-13,15H,1-3H3,(H,28,32)(H,29,33)/t15-/m0/s1. The number of aryl methyl sites for hydroxylation is 2. The third kappa shape index (κ3) is 3.55. The van der Waals surface area contributed by atoms with Crippen molar-refractivity contribution in [1.82, 2.24) is 29.9 Å². The van der Waals surface area contributed by atoms with Gasteiger partial charge in [0.15, 0.2) is 5.69 Å². The molecule has 33 heavy (non-hydrogen) atoms. The summed E-state index contributed by atoms with van der Waals surface area (Å²) >= 11 is 0. The largest absolute Gasteiger partial charge is 0.342 e. The Hall–Kier alpha value is -4.33. The van der Waals surface area contributed by atoms with Gasteiger partial charge >= 0.3 is 0 Å². The molecule has 0 aliphatic carbocycles. The molecule has 2 aromatic carbocycles. The Balaban J connectivity index is 1.57. The number of nitrogens with one attached hydrogen (secondary N) is 2. The van der Waals surface area contributed by atoms with Crippen molar-refractivity contribution in [3.8, 4) is 11.3 Å². The Labute approximate surface area is 189 Å². The Morgan fingerprint density at radius 2 is 1.88 bits per heavy atom. The van der Waals surface area contributed by atoms with Crippen LogP contribution in [0.2, 0.25) is 0 Å². The van der Waals surface area contributed by atoms with Crippen molar-refractivity contribution in [2.24, 2.45) is 0 Å². The zero-order valence-corrected chi connectivity index (χ0v) is 18.5. The molecule has 2 N–H and O–H groups in total. The van der Waals surface area contributed by atoms with Crippen LogP contribution in [0.25, 0.3) is 27.5 Å². The number of nitrogens with zero attached hydrogens (tertiary/aromatic N) is 4. The van der Waals surface area contributed by atoms with E-state index in [9.17, 15) is 9.59 Å². The molecule has 3 aromatic heterocycles. The minimum atomic E-state index is -0.375. The van der Waals surface area contributed by atoms with Crippen LogP contribution in [-0.2, 0) is 0 Å². The third-order valence-electron chi connectivity index (χ3n) is 5.88. The Bertz CT molecular complexity index is 1570. The Morgan fingerprint density at radius 3 is 2.64 bits per heavy atom. The number of amides is 1. The predicted octanol–water partition coefficient (Wildman–Crippen LogP) is 3.74. The third-order valence-corrected chi connectivity index (χ3v) is 5.88. The summed E-state index contributed by atoms with van der Waals surface area (Å²) in [5, 5.41) is 9.60. The van der Waals surface area contributed by atoms with Gasteiger partial charge in [0.1, 0.15) is 5.52 Å². The molecule has 3 heterocycles. The fourth-order valence-electron chi connectivity index (χ4n) is 4.09. The van der Waals surface area contributed by atoms with Crippen LogP contribution in [0, 0.1) is 13.8 Å². The van der Waals surface area contributed by atoms with Gasteiger partial charge in [-0.15, -0.1) is 0 Å². The highest BCUT2D eigenvalue weighted by atomic mass is 16.2. The van der Waals surface area contributed by atoms with E-state index in [1.807, 2.05) is 56.3 Å². The molecule has 1 amide bonds. The number of H-pyrrole nitrogens is 1. The van der Waals surface area contributed by atoms with Crippen LogP contribution in [0.3, 0.4) is 0 Å². The minimum Gasteiger partial charge on any atom is -0.342 e. The first-order valence-corrected chi connectivity index (χ1v) is 10.6. The lowest BCUT2D eigenvalue weighted by atomic mass is 10.0. The molecule has 0 aliphatic rings. The van der Waals surface area contributed by atoms with Gasteiger partial charge in [-0.25, -0.2) is 4.52 Å². The van der Waals surface area contributed by atoms with Crippen molar-refractivity contribution in [2.45, 2.75) is 26.8 Å². The first-order chi connectivity index (χ1) is 15.9. The number of carbonyl (C=O) groups excluding carboxylic acids is 1. The number of aromatic amines is 1. The average Bonchev–Trinajstić information content (AvgIpc) is 3.19. The van der Waals surface area contributed by atoms with E-state index in [0.717, 1.165) is 22.0 Å². The van der Waals surface area contributed by atoms with Crippen molar-refractivity contribution < 1.29 is 4.79 Å². The molecule has 0 bridgehead atoms. The topological polar surface area (TPSA) is 105 Å². The lowest BCUT2D eigenvalue weighted by molar-refractivity contribution is 0.0933. The van der Waals surface area contributed by atoms with E-state index >= 15 is 0 Å². The van der Waals surface area contributed by atoms with Crippen LogP contribution in [-0.4, -0.2) is 30.5 Å². The number of rotatable bonds is 4. The van der Waals surface area contributed by atoms with Crippen molar-refractivity contribution in [1.29, 1.82) is 0 Å². The van der Waals surface area contributed by atoms with Gasteiger partial charge in [-0.1, -0.05) is 36.4 Å². The van der Waals surface area contributed by atoms with Crippen LogP contribution in [0.5, 0.6) is 0 Å². The van der Waals surface area contributed by atoms with Gasteiger partial charge < -0.3 is 10.3 Å². The summed E-state index contributed by atoms with van der Waals surface area (Å²) in [6.07, 6.45) is 4.75. The van der Waals surface area contributed by atoms with Crippen LogP contribution in [0.4, 0.5) is 0 Å². The molecule has 8 heteroatoms. The molecule has 5 aromatic rings. The van der Waals surface area contributed by atoms with E-state index in [-0.39, 0.29) is 23.2 Å².